The van der Waals surface area contributed by atoms with Gasteiger partial charge in [-0.1, -0.05) is 20.3 Å². The van der Waals surface area contributed by atoms with Gasteiger partial charge in [-0.25, -0.2) is 9.78 Å². The van der Waals surface area contributed by atoms with Crippen LogP contribution in [-0.4, -0.2) is 80.9 Å². The van der Waals surface area contributed by atoms with Crippen LogP contribution >= 0.6 is 0 Å². The fourth-order valence-electron chi connectivity index (χ4n) is 4.20. The Bertz CT molecular complexity index is 845. The lowest BCUT2D eigenvalue weighted by atomic mass is 10.0. The van der Waals surface area contributed by atoms with Gasteiger partial charge in [-0.3, -0.25) is 14.4 Å². The number of nitrogens with one attached hydrogen (secondary N) is 3. The molecule has 0 saturated carbocycles. The van der Waals surface area contributed by atoms with Crippen LogP contribution in [0.15, 0.2) is 12.5 Å². The van der Waals surface area contributed by atoms with E-state index in [1.807, 2.05) is 13.8 Å². The first-order valence-electron chi connectivity index (χ1n) is 12.2. The van der Waals surface area contributed by atoms with Crippen molar-refractivity contribution in [2.24, 2.45) is 17.4 Å². The van der Waals surface area contributed by atoms with E-state index in [1.165, 1.54) is 11.2 Å². The number of imidazole rings is 1. The first kappa shape index (κ1) is 28.2. The van der Waals surface area contributed by atoms with Gasteiger partial charge in [0.2, 0.25) is 17.7 Å². The molecule has 3 amide bonds. The molecule has 1 fully saturated rings. The van der Waals surface area contributed by atoms with Crippen LogP contribution in [0.3, 0.4) is 0 Å². The number of amides is 3. The zero-order valence-corrected chi connectivity index (χ0v) is 20.5. The molecule has 1 saturated heterocycles. The number of likely N-dealkylation sites (tertiary alicyclic amines) is 1. The molecule has 12 heteroatoms. The first-order chi connectivity index (χ1) is 16.6. The van der Waals surface area contributed by atoms with Crippen molar-refractivity contribution in [3.05, 3.63) is 18.2 Å². The van der Waals surface area contributed by atoms with E-state index in [2.05, 4.69) is 20.6 Å². The average Bonchev–Trinajstić information content (AvgIpc) is 3.49. The summed E-state index contributed by atoms with van der Waals surface area (Å²) in [5.74, 6) is -2.45. The first-order valence-corrected chi connectivity index (χ1v) is 12.2. The van der Waals surface area contributed by atoms with E-state index in [-0.39, 0.29) is 12.3 Å². The summed E-state index contributed by atoms with van der Waals surface area (Å²) in [5, 5.41) is 14.9. The lowest BCUT2D eigenvalue weighted by molar-refractivity contribution is -0.149. The van der Waals surface area contributed by atoms with E-state index in [0.717, 1.165) is 6.42 Å². The van der Waals surface area contributed by atoms with Crippen molar-refractivity contribution in [1.29, 1.82) is 0 Å². The minimum atomic E-state index is -1.06. The summed E-state index contributed by atoms with van der Waals surface area (Å²) in [4.78, 5) is 59.0. The number of aliphatic carboxylic acids is 1. The number of carbonyl (C=O) groups excluding carboxylic acids is 3. The lowest BCUT2D eigenvalue weighted by Gasteiger charge is -2.29. The van der Waals surface area contributed by atoms with Crippen molar-refractivity contribution in [2.75, 3.05) is 13.1 Å². The average molecular weight is 494 g/mol. The summed E-state index contributed by atoms with van der Waals surface area (Å²) in [7, 11) is 0. The smallest absolute Gasteiger partial charge is 0.326 e. The van der Waals surface area contributed by atoms with Gasteiger partial charge in [-0.15, -0.1) is 0 Å². The molecule has 12 nitrogen and oxygen atoms in total. The number of carboxylic acid groups (broad SMARTS) is 1. The standard InChI is InChI=1S/C23H39N7O5/c1-14(2)10-18(22(33)30-9-5-7-19(30)23(34)35)29-21(32)17(11-15-12-26-13-27-15)28-20(31)16(25)6-3-4-8-24/h12-14,16-19H,3-11,24-25H2,1-2H3,(H,26,27)(H,28,31)(H,29,32)(H,34,35). The third-order valence-electron chi connectivity index (χ3n) is 6.06. The Kier molecular flexibility index (Phi) is 11.1. The number of H-pyrrole nitrogens is 1. The molecule has 0 radical (unpaired) electrons. The fourth-order valence-corrected chi connectivity index (χ4v) is 4.20. The van der Waals surface area contributed by atoms with Crippen LogP contribution in [0.5, 0.6) is 0 Å². The molecule has 2 heterocycles. The number of rotatable bonds is 14. The van der Waals surface area contributed by atoms with Crippen molar-refractivity contribution < 1.29 is 24.3 Å². The van der Waals surface area contributed by atoms with Gasteiger partial charge in [-0.2, -0.15) is 0 Å². The predicted molar refractivity (Wildman–Crippen MR) is 129 cm³/mol. The van der Waals surface area contributed by atoms with Gasteiger partial charge in [0.05, 0.1) is 12.4 Å². The molecule has 1 aliphatic rings. The molecule has 196 valence electrons. The molecule has 4 atom stereocenters. The highest BCUT2D eigenvalue weighted by Gasteiger charge is 2.38. The van der Waals surface area contributed by atoms with Crippen molar-refractivity contribution in [1.82, 2.24) is 25.5 Å². The highest BCUT2D eigenvalue weighted by molar-refractivity contribution is 5.94. The molecular weight excluding hydrogens is 454 g/mol. The van der Waals surface area contributed by atoms with Gasteiger partial charge in [0, 0.05) is 24.9 Å². The summed E-state index contributed by atoms with van der Waals surface area (Å²) in [6, 6.07) is -3.62. The zero-order valence-electron chi connectivity index (χ0n) is 20.5. The van der Waals surface area contributed by atoms with Gasteiger partial charge in [-0.05, 0) is 44.6 Å². The summed E-state index contributed by atoms with van der Waals surface area (Å²) in [6.07, 6.45) is 6.30. The van der Waals surface area contributed by atoms with Crippen LogP contribution in [0.1, 0.15) is 58.1 Å². The Morgan fingerprint density at radius 3 is 2.51 bits per heavy atom. The number of nitrogens with two attached hydrogens (primary N) is 2. The van der Waals surface area contributed by atoms with Crippen molar-refractivity contribution in [3.8, 4) is 0 Å². The molecule has 0 aromatic carbocycles. The lowest BCUT2D eigenvalue weighted by Crippen LogP contribution is -2.57. The highest BCUT2D eigenvalue weighted by Crippen LogP contribution is 2.20. The second-order valence-electron chi connectivity index (χ2n) is 9.45. The Morgan fingerprint density at radius 2 is 1.91 bits per heavy atom. The third kappa shape index (κ3) is 8.62. The molecule has 2 rings (SSSR count). The third-order valence-corrected chi connectivity index (χ3v) is 6.06. The van der Waals surface area contributed by atoms with E-state index >= 15 is 0 Å². The van der Waals surface area contributed by atoms with Crippen molar-refractivity contribution in [2.45, 2.75) is 83.0 Å². The Morgan fingerprint density at radius 1 is 1.20 bits per heavy atom. The van der Waals surface area contributed by atoms with Crippen LogP contribution in [0.25, 0.3) is 0 Å². The van der Waals surface area contributed by atoms with E-state index in [1.54, 1.807) is 6.20 Å². The maximum absolute atomic E-state index is 13.3. The second-order valence-corrected chi connectivity index (χ2v) is 9.45. The zero-order chi connectivity index (χ0) is 26.0. The van der Waals surface area contributed by atoms with E-state index in [4.69, 9.17) is 11.5 Å². The van der Waals surface area contributed by atoms with E-state index < -0.39 is 47.9 Å². The van der Waals surface area contributed by atoms with Gasteiger partial charge in [0.15, 0.2) is 0 Å². The minimum absolute atomic E-state index is 0.0618. The summed E-state index contributed by atoms with van der Waals surface area (Å²) >= 11 is 0. The molecule has 4 unspecified atom stereocenters. The molecule has 1 aromatic heterocycles. The van der Waals surface area contributed by atoms with Gasteiger partial charge < -0.3 is 37.1 Å². The summed E-state index contributed by atoms with van der Waals surface area (Å²) < 4.78 is 0. The molecule has 1 aliphatic heterocycles. The monoisotopic (exact) mass is 493 g/mol. The van der Waals surface area contributed by atoms with Crippen LogP contribution < -0.4 is 22.1 Å². The van der Waals surface area contributed by atoms with Gasteiger partial charge >= 0.3 is 5.97 Å². The number of aromatic nitrogens is 2. The highest BCUT2D eigenvalue weighted by atomic mass is 16.4. The normalized spacial score (nSPS) is 18.2. The van der Waals surface area contributed by atoms with Gasteiger partial charge in [0.1, 0.15) is 18.1 Å². The number of hydrogen-bond donors (Lipinski definition) is 6. The van der Waals surface area contributed by atoms with Crippen molar-refractivity contribution >= 4 is 23.7 Å². The number of carbonyl (C=O) groups is 4. The van der Waals surface area contributed by atoms with E-state index in [0.29, 0.717) is 50.9 Å². The number of nitrogens with zero attached hydrogens (tertiary/aromatic N) is 2. The maximum Gasteiger partial charge on any atom is 0.326 e. The van der Waals surface area contributed by atoms with E-state index in [9.17, 15) is 24.3 Å². The van der Waals surface area contributed by atoms with Crippen LogP contribution in [0.4, 0.5) is 0 Å². The number of aromatic amines is 1. The minimum Gasteiger partial charge on any atom is -0.480 e. The van der Waals surface area contributed by atoms with Crippen LogP contribution in [0, 0.1) is 5.92 Å². The number of hydrogen-bond acceptors (Lipinski definition) is 7. The van der Waals surface area contributed by atoms with Crippen molar-refractivity contribution in [3.63, 3.8) is 0 Å². The summed E-state index contributed by atoms with van der Waals surface area (Å²) in [5.41, 5.74) is 12.1. The SMILES string of the molecule is CC(C)CC(NC(=O)C(Cc1cnc[nH]1)NC(=O)C(N)CCCCN)C(=O)N1CCCC1C(=O)O. The fraction of sp³-hybridized carbons (Fsp3) is 0.696. The Labute approximate surface area is 205 Å². The Hall–Kier alpha value is -2.99. The molecule has 1 aromatic rings. The quantitative estimate of drug-likeness (QED) is 0.186. The predicted octanol–water partition coefficient (Wildman–Crippen LogP) is -0.500. The molecule has 0 aliphatic carbocycles. The summed E-state index contributed by atoms with van der Waals surface area (Å²) in [6.45, 7) is 4.65. The van der Waals surface area contributed by atoms with Gasteiger partial charge in [0.25, 0.3) is 0 Å². The molecular formula is C23H39N7O5. The molecule has 0 spiro atoms. The molecule has 35 heavy (non-hydrogen) atoms. The van der Waals surface area contributed by atoms with Crippen LogP contribution in [0.2, 0.25) is 0 Å². The largest absolute Gasteiger partial charge is 0.480 e. The second kappa shape index (κ2) is 13.8. The molecule has 0 bridgehead atoms. The number of unbranched alkanes of at least 4 members (excludes halogenated alkanes) is 1. The topological polar surface area (TPSA) is 197 Å². The number of carboxylic acids is 1. The molecule has 8 N–H and O–H groups in total. The van der Waals surface area contributed by atoms with Crippen LogP contribution in [-0.2, 0) is 25.6 Å². The Balaban J connectivity index is 2.16. The maximum atomic E-state index is 13.3.